The molecule has 3 rings (SSSR count). The summed E-state index contributed by atoms with van der Waals surface area (Å²) < 4.78 is 87.2. The molecule has 4 amide bonds. The Morgan fingerprint density at radius 1 is 0.600 bits per heavy atom. The van der Waals surface area contributed by atoms with Crippen LogP contribution in [0.4, 0.5) is 38.0 Å². The van der Waals surface area contributed by atoms with Gasteiger partial charge in [-0.05, 0) is 122 Å². The second kappa shape index (κ2) is 43.8. The van der Waals surface area contributed by atoms with Crippen LogP contribution in [-0.2, 0) is 66.5 Å². The van der Waals surface area contributed by atoms with Gasteiger partial charge in [-0.2, -0.15) is 0 Å². The van der Waals surface area contributed by atoms with Crippen LogP contribution in [0.1, 0.15) is 143 Å². The molecule has 3 fully saturated rings. The van der Waals surface area contributed by atoms with E-state index in [1.54, 1.807) is 90.0 Å². The van der Waals surface area contributed by atoms with E-state index in [9.17, 15) is 52.3 Å². The minimum Gasteiger partial charge on any atom is -0.481 e. The van der Waals surface area contributed by atoms with Crippen molar-refractivity contribution in [2.45, 2.75) is 160 Å². The Balaban J connectivity index is -0.000000347. The molecule has 496 valence electrons. The Kier molecular flexibility index (Phi) is 40.4. The molecule has 7 N–H and O–H groups in total. The van der Waals surface area contributed by atoms with Crippen molar-refractivity contribution in [3.63, 3.8) is 0 Å². The van der Waals surface area contributed by atoms with Crippen molar-refractivity contribution in [1.82, 2.24) is 21.3 Å². The largest absolute Gasteiger partial charge is 0.508 e. The van der Waals surface area contributed by atoms with Gasteiger partial charge < -0.3 is 67.4 Å². The normalized spacial score (nSPS) is 15.4. The van der Waals surface area contributed by atoms with Crippen molar-refractivity contribution in [3.05, 3.63) is 0 Å². The number of aliphatic carboxylic acids is 1. The van der Waals surface area contributed by atoms with Crippen molar-refractivity contribution >= 4 is 95.1 Å². The number of amides is 4. The van der Waals surface area contributed by atoms with Gasteiger partial charge in [0.15, 0.2) is 0 Å². The lowest BCUT2D eigenvalue weighted by Crippen LogP contribution is -2.47. The number of halogens is 3. The van der Waals surface area contributed by atoms with E-state index in [0.717, 1.165) is 6.42 Å². The summed E-state index contributed by atoms with van der Waals surface area (Å²) in [6, 6.07) is 0. The van der Waals surface area contributed by atoms with Gasteiger partial charge in [-0.25, -0.2) is 38.6 Å². The van der Waals surface area contributed by atoms with Crippen molar-refractivity contribution in [3.8, 4) is 0 Å². The second-order valence-corrected chi connectivity index (χ2v) is 22.2. The molecule has 3 aliphatic rings. The number of nitrogens with zero attached hydrogens (tertiary/aromatic N) is 2. The monoisotopic (exact) mass is 1280 g/mol. The van der Waals surface area contributed by atoms with Gasteiger partial charge in [0.2, 0.25) is 17.2 Å². The van der Waals surface area contributed by atoms with Crippen LogP contribution < -0.4 is 21.3 Å². The molecule has 0 aromatic rings. The number of cyclic esters (lactones) is 6. The number of ether oxygens (including phenoxy) is 11. The first kappa shape index (κ1) is 78.3. The molecule has 0 bridgehead atoms. The number of hydrogen-bond donors (Lipinski definition) is 7. The van der Waals surface area contributed by atoms with Crippen LogP contribution >= 0.6 is 23.2 Å². The van der Waals surface area contributed by atoms with E-state index in [-0.39, 0.29) is 91.4 Å². The highest BCUT2D eigenvalue weighted by Crippen LogP contribution is 2.26. The molecule has 33 heteroatoms. The van der Waals surface area contributed by atoms with Gasteiger partial charge in [0.1, 0.15) is 84.9 Å². The maximum Gasteiger partial charge on any atom is 0.508 e. The predicted molar refractivity (Wildman–Crippen MR) is 307 cm³/mol. The highest BCUT2D eigenvalue weighted by Gasteiger charge is 2.43. The number of alkyl halides is 2. The number of aliphatic hydroxyl groups excluding tert-OH is 2. The quantitative estimate of drug-likeness (QED) is 0.0231. The standard InChI is InChI=1S/C19H31N3O9.C13H25N3O5.C6H7ClO4.C6H8O5.C3H8.C2H5Cl.C2H6O.CH3F/c1-17(2,3)30-14(24)21-13(22-15(25)31-18(4,5)6)20-8-9-27-12(23)19(7)10-28-16(26)29-11-19;1-12(2,3)20-10(18)15-9(14-7-8-17)16-11(19)21-13(4,5)6;2*1-6(4(7)8)2-10-5(9)11-3-6;1-3-2;2*1-2-3;1-2/h8-11H2,1-7H3,(H2,20,21,22,24,25);17H,7-8H2,1-6H3,(H2,14,15,16,18,19);2-3H2,1H3;2-3H2,1H3,(H,7,8);3H2,1-2H3;2H2,1H3;3H,2H2,1H3;1H3/i;;;;3*1T;1D. The maximum atomic E-state index is 12.2. The number of rotatable bonds is 8. The molecule has 30 nitrogen and oxygen atoms in total. The van der Waals surface area contributed by atoms with E-state index in [1.165, 1.54) is 13.8 Å². The van der Waals surface area contributed by atoms with Crippen LogP contribution in [0.25, 0.3) is 0 Å². The van der Waals surface area contributed by atoms with E-state index >= 15 is 0 Å². The third-order valence-corrected chi connectivity index (χ3v) is 8.43. The molecule has 85 heavy (non-hydrogen) atoms. The summed E-state index contributed by atoms with van der Waals surface area (Å²) in [4.78, 5) is 120. The first-order chi connectivity index (χ1) is 40.8. The summed E-state index contributed by atoms with van der Waals surface area (Å²) in [6.45, 7) is 26.8. The zero-order valence-electron chi connectivity index (χ0n) is 55.5. The molecule has 0 aromatic heterocycles. The van der Waals surface area contributed by atoms with Crippen molar-refractivity contribution < 1.29 is 125 Å². The molecule has 0 aliphatic carbocycles. The zero-order valence-corrected chi connectivity index (χ0v) is 53.0. The zero-order chi connectivity index (χ0) is 70.5. The Morgan fingerprint density at radius 3 is 1.09 bits per heavy atom. The van der Waals surface area contributed by atoms with Crippen molar-refractivity contribution in [2.75, 3.05) is 85.6 Å². The number of carboxylic acids is 1. The number of aliphatic hydroxyl groups is 2. The lowest BCUT2D eigenvalue weighted by Gasteiger charge is -2.29. The summed E-state index contributed by atoms with van der Waals surface area (Å²) >= 11 is 10.2. The van der Waals surface area contributed by atoms with Crippen molar-refractivity contribution in [2.24, 2.45) is 26.2 Å². The maximum absolute atomic E-state index is 12.2. The van der Waals surface area contributed by atoms with Gasteiger partial charge in [0.25, 0.3) is 0 Å². The molecule has 0 atom stereocenters. The van der Waals surface area contributed by atoms with E-state index in [4.69, 9.17) is 77.2 Å². The topological polar surface area (TPSA) is 406 Å². The highest BCUT2D eigenvalue weighted by molar-refractivity contribution is 6.64. The fourth-order valence-electron chi connectivity index (χ4n) is 4.37. The number of hydrogen-bond acceptors (Lipinski definition) is 25. The van der Waals surface area contributed by atoms with Crippen LogP contribution in [0.5, 0.6) is 0 Å². The van der Waals surface area contributed by atoms with E-state index in [1.807, 2.05) is 6.92 Å². The van der Waals surface area contributed by atoms with Crippen molar-refractivity contribution in [1.29, 1.82) is 0 Å². The molecule has 0 aromatic carbocycles. The summed E-state index contributed by atoms with van der Waals surface area (Å²) in [6.07, 6.45) is -4.63. The highest BCUT2D eigenvalue weighted by atomic mass is 35.5. The SMILES string of the molecule is CC(C)(C)OC(=O)NC(=NCCO)NC(=O)OC(C)(C)C.CC(C)(C)OC(=O)NC(=NCCOC(=O)C1(C)COC(=O)OC1)NC(=O)OC(C)(C)C.CC1(C(=O)Cl)COC(=O)OC1.CC1(C(=O)O)COC(=O)OC1.[2H]CF.[3H]CCC.[3H]CCCl.[3H]CCO. The van der Waals surface area contributed by atoms with Crippen LogP contribution in [0.3, 0.4) is 0 Å². The Morgan fingerprint density at radius 2 is 0.871 bits per heavy atom. The van der Waals surface area contributed by atoms with Gasteiger partial charge in [-0.1, -0.05) is 27.1 Å². The number of carbonyl (C=O) groups excluding carboxylic acids is 9. The molecule has 0 unspecified atom stereocenters. The molecule has 0 saturated carbocycles. The first-order valence-corrected chi connectivity index (χ1v) is 26.3. The van der Waals surface area contributed by atoms with E-state index in [2.05, 4.69) is 50.2 Å². The summed E-state index contributed by atoms with van der Waals surface area (Å²) in [5.74, 6) is -1.59. The fourth-order valence-corrected chi connectivity index (χ4v) is 4.48. The van der Waals surface area contributed by atoms with Gasteiger partial charge in [-0.3, -0.25) is 45.0 Å². The van der Waals surface area contributed by atoms with Gasteiger partial charge in [-0.15, -0.1) is 11.6 Å². The Labute approximate surface area is 512 Å². The summed E-state index contributed by atoms with van der Waals surface area (Å²) in [7, 11) is -1.00. The Bertz CT molecular complexity index is 2060. The summed E-state index contributed by atoms with van der Waals surface area (Å²) in [5, 5.41) is 33.7. The predicted octanol–water partition coefficient (Wildman–Crippen LogP) is 7.91. The Hall–Kier alpha value is -6.73. The van der Waals surface area contributed by atoms with Crippen LogP contribution in [0.15, 0.2) is 9.98 Å². The molecule has 0 radical (unpaired) electrons. The summed E-state index contributed by atoms with van der Waals surface area (Å²) in [5.41, 5.74) is -6.00. The van der Waals surface area contributed by atoms with Crippen LogP contribution in [0, 0.1) is 16.2 Å². The molecule has 0 spiro atoms. The minimum atomic E-state index is -1.13. The molecule has 3 saturated heterocycles. The first-order valence-electron chi connectivity index (χ1n) is 28.2. The van der Waals surface area contributed by atoms with Gasteiger partial charge in [0, 0.05) is 16.6 Å². The smallest absolute Gasteiger partial charge is 0.481 e. The van der Waals surface area contributed by atoms with E-state index in [0.29, 0.717) is 19.7 Å². The average molecular weight is 1280 g/mol. The van der Waals surface area contributed by atoms with Crippen LogP contribution in [0.2, 0.25) is 0 Å². The lowest BCUT2D eigenvalue weighted by atomic mass is 9.93. The third-order valence-electron chi connectivity index (χ3n) is 7.98. The van der Waals surface area contributed by atoms with Crippen LogP contribution in [-0.4, -0.2) is 195 Å². The number of guanidine groups is 2. The number of carbonyl (C=O) groups is 10. The number of esters is 1. The molecular formula is C52H93Cl2FN6O24. The molecular weight excluding hydrogens is 1180 g/mol. The fraction of sp³-hybridized carbons (Fsp3) is 0.769. The number of aliphatic imine (C=N–C) groups is 2. The second-order valence-electron chi connectivity index (χ2n) is 21.5. The third kappa shape index (κ3) is 49.3. The van der Waals surface area contributed by atoms with E-state index < -0.39 is 106 Å². The molecule has 3 heterocycles. The number of carboxylic acid groups (broad SMARTS) is 1. The molecule has 3 aliphatic heterocycles. The average Bonchev–Trinajstić information content (AvgIpc) is 2.23. The number of alkyl carbamates (subject to hydrolysis) is 4. The van der Waals surface area contributed by atoms with Gasteiger partial charge >= 0.3 is 54.8 Å². The number of nitrogens with one attached hydrogen (secondary N) is 4. The minimum absolute atomic E-state index is 0.00579. The van der Waals surface area contributed by atoms with Gasteiger partial charge in [0.05, 0.1) is 28.2 Å². The lowest BCUT2D eigenvalue weighted by molar-refractivity contribution is -0.165.